The number of aromatic nitrogens is 1. The number of oxazole rings is 1. The van der Waals surface area contributed by atoms with Gasteiger partial charge in [-0.1, -0.05) is 20.8 Å². The third-order valence-electron chi connectivity index (χ3n) is 1.59. The summed E-state index contributed by atoms with van der Waals surface area (Å²) in [6, 6.07) is 0. The third kappa shape index (κ3) is 1.85. The molecule has 0 bridgehead atoms. The Bertz CT molecular complexity index is 258. The first-order chi connectivity index (χ1) is 5.41. The molecule has 1 rings (SSSR count). The van der Waals surface area contributed by atoms with Gasteiger partial charge in [-0.25, -0.2) is 4.98 Å². The molecule has 0 saturated heterocycles. The van der Waals surface area contributed by atoms with E-state index in [1.54, 1.807) is 6.92 Å². The van der Waals surface area contributed by atoms with Crippen molar-refractivity contribution in [2.24, 2.45) is 0 Å². The monoisotopic (exact) mass is 169 g/mol. The van der Waals surface area contributed by atoms with Crippen molar-refractivity contribution >= 4 is 0 Å². The molecule has 0 saturated carbocycles. The average molecular weight is 169 g/mol. The molecule has 1 aromatic rings. The van der Waals surface area contributed by atoms with Gasteiger partial charge in [0, 0.05) is 5.41 Å². The smallest absolute Gasteiger partial charge is 0.199 e. The molecule has 1 unspecified atom stereocenters. The summed E-state index contributed by atoms with van der Waals surface area (Å²) >= 11 is 0. The van der Waals surface area contributed by atoms with E-state index >= 15 is 0 Å². The number of aliphatic hydroxyl groups is 1. The van der Waals surface area contributed by atoms with Crippen molar-refractivity contribution in [1.29, 1.82) is 0 Å². The molecule has 0 fully saturated rings. The van der Waals surface area contributed by atoms with Crippen molar-refractivity contribution in [1.82, 2.24) is 4.98 Å². The van der Waals surface area contributed by atoms with Crippen LogP contribution in [0.25, 0.3) is 0 Å². The van der Waals surface area contributed by atoms with Crippen molar-refractivity contribution < 1.29 is 9.52 Å². The Hall–Kier alpha value is -0.830. The zero-order valence-corrected chi connectivity index (χ0v) is 7.96. The summed E-state index contributed by atoms with van der Waals surface area (Å²) in [7, 11) is 0. The summed E-state index contributed by atoms with van der Waals surface area (Å²) in [5, 5.41) is 9.18. The molecule has 0 radical (unpaired) electrons. The van der Waals surface area contributed by atoms with Gasteiger partial charge in [-0.2, -0.15) is 0 Å². The molecule has 3 nitrogen and oxygen atoms in total. The second kappa shape index (κ2) is 2.90. The molecule has 3 heteroatoms. The lowest BCUT2D eigenvalue weighted by Gasteiger charge is -2.11. The van der Waals surface area contributed by atoms with E-state index in [0.717, 1.165) is 0 Å². The van der Waals surface area contributed by atoms with Gasteiger partial charge >= 0.3 is 0 Å². The van der Waals surface area contributed by atoms with Crippen LogP contribution in [-0.4, -0.2) is 10.1 Å². The molecule has 1 N–H and O–H groups in total. The molecule has 1 atom stereocenters. The highest BCUT2D eigenvalue weighted by Crippen LogP contribution is 2.22. The number of aliphatic hydroxyl groups excluding tert-OH is 1. The second-order valence-corrected chi connectivity index (χ2v) is 4.00. The summed E-state index contributed by atoms with van der Waals surface area (Å²) < 4.78 is 5.22. The fourth-order valence-corrected chi connectivity index (χ4v) is 0.823. The van der Waals surface area contributed by atoms with E-state index in [-0.39, 0.29) is 5.41 Å². The van der Waals surface area contributed by atoms with E-state index in [0.29, 0.717) is 11.6 Å². The second-order valence-electron chi connectivity index (χ2n) is 4.00. The molecule has 0 aliphatic heterocycles. The van der Waals surface area contributed by atoms with Crippen LogP contribution in [-0.2, 0) is 5.41 Å². The highest BCUT2D eigenvalue weighted by atomic mass is 16.3. The van der Waals surface area contributed by atoms with Crippen molar-refractivity contribution in [3.05, 3.63) is 17.8 Å². The highest BCUT2D eigenvalue weighted by Gasteiger charge is 2.21. The quantitative estimate of drug-likeness (QED) is 0.699. The predicted octanol–water partition coefficient (Wildman–Crippen LogP) is 2.03. The van der Waals surface area contributed by atoms with Crippen LogP contribution in [0.15, 0.2) is 10.7 Å². The summed E-state index contributed by atoms with van der Waals surface area (Å²) in [6.07, 6.45) is 0.954. The van der Waals surface area contributed by atoms with Crippen molar-refractivity contribution in [2.45, 2.75) is 39.2 Å². The van der Waals surface area contributed by atoms with Gasteiger partial charge < -0.3 is 9.52 Å². The zero-order valence-electron chi connectivity index (χ0n) is 7.96. The molecule has 0 spiro atoms. The fraction of sp³-hybridized carbons (Fsp3) is 0.667. The van der Waals surface area contributed by atoms with Crippen LogP contribution in [0.2, 0.25) is 0 Å². The normalized spacial score (nSPS) is 14.8. The van der Waals surface area contributed by atoms with Gasteiger partial charge in [-0.05, 0) is 6.92 Å². The fourth-order valence-electron chi connectivity index (χ4n) is 0.823. The van der Waals surface area contributed by atoms with Crippen molar-refractivity contribution in [3.8, 4) is 0 Å². The van der Waals surface area contributed by atoms with Gasteiger partial charge in [0.1, 0.15) is 12.0 Å². The first kappa shape index (κ1) is 9.26. The predicted molar refractivity (Wildman–Crippen MR) is 45.8 cm³/mol. The molecule has 12 heavy (non-hydrogen) atoms. The van der Waals surface area contributed by atoms with Crippen molar-refractivity contribution in [3.63, 3.8) is 0 Å². The summed E-state index contributed by atoms with van der Waals surface area (Å²) in [5.74, 6) is 0.665. The number of hydrogen-bond donors (Lipinski definition) is 1. The molecular formula is C9H15NO2. The largest absolute Gasteiger partial charge is 0.448 e. The molecule has 0 aliphatic carbocycles. The first-order valence-electron chi connectivity index (χ1n) is 4.05. The molecular weight excluding hydrogens is 154 g/mol. The molecule has 0 aromatic carbocycles. The van der Waals surface area contributed by atoms with Crippen LogP contribution in [0.5, 0.6) is 0 Å². The Labute approximate surface area is 72.4 Å². The lowest BCUT2D eigenvalue weighted by atomic mass is 9.97. The lowest BCUT2D eigenvalue weighted by molar-refractivity contribution is 0.194. The molecule has 0 aliphatic rings. The van der Waals surface area contributed by atoms with E-state index in [1.807, 2.05) is 20.8 Å². The van der Waals surface area contributed by atoms with Gasteiger partial charge in [0.15, 0.2) is 5.89 Å². The summed E-state index contributed by atoms with van der Waals surface area (Å²) in [5.41, 5.74) is 0.507. The van der Waals surface area contributed by atoms with Crippen LogP contribution in [0.4, 0.5) is 0 Å². The Balaban J connectivity index is 2.92. The van der Waals surface area contributed by atoms with Crippen LogP contribution in [0.1, 0.15) is 45.4 Å². The van der Waals surface area contributed by atoms with E-state index in [1.165, 1.54) is 6.26 Å². The topological polar surface area (TPSA) is 46.3 Å². The minimum absolute atomic E-state index is 0.0901. The Morgan fingerprint density at radius 1 is 1.50 bits per heavy atom. The standard InChI is InChI=1S/C9H15NO2/c1-6(11)7-5-12-8(10-7)9(2,3)4/h5-6,11H,1-4H3. The number of hydrogen-bond acceptors (Lipinski definition) is 3. The van der Waals surface area contributed by atoms with Gasteiger partial charge in [-0.15, -0.1) is 0 Å². The number of nitrogens with zero attached hydrogens (tertiary/aromatic N) is 1. The van der Waals surface area contributed by atoms with Crippen molar-refractivity contribution in [2.75, 3.05) is 0 Å². The maximum absolute atomic E-state index is 9.18. The van der Waals surface area contributed by atoms with Crippen LogP contribution in [0, 0.1) is 0 Å². The van der Waals surface area contributed by atoms with Crippen LogP contribution in [0.3, 0.4) is 0 Å². The van der Waals surface area contributed by atoms with E-state index in [4.69, 9.17) is 4.42 Å². The van der Waals surface area contributed by atoms with Gasteiger partial charge in [0.25, 0.3) is 0 Å². The minimum Gasteiger partial charge on any atom is -0.448 e. The minimum atomic E-state index is -0.551. The highest BCUT2D eigenvalue weighted by molar-refractivity contribution is 5.05. The first-order valence-corrected chi connectivity index (χ1v) is 4.05. The van der Waals surface area contributed by atoms with E-state index < -0.39 is 6.10 Å². The Morgan fingerprint density at radius 2 is 2.08 bits per heavy atom. The maximum Gasteiger partial charge on any atom is 0.199 e. The SMILES string of the molecule is CC(O)c1coc(C(C)(C)C)n1. The van der Waals surface area contributed by atoms with Gasteiger partial charge in [0.2, 0.25) is 0 Å². The Kier molecular flexibility index (Phi) is 2.24. The van der Waals surface area contributed by atoms with Gasteiger partial charge in [-0.3, -0.25) is 0 Å². The van der Waals surface area contributed by atoms with E-state index in [2.05, 4.69) is 4.98 Å². The van der Waals surface area contributed by atoms with Gasteiger partial charge in [0.05, 0.1) is 6.10 Å². The van der Waals surface area contributed by atoms with Crippen LogP contribution >= 0.6 is 0 Å². The van der Waals surface area contributed by atoms with E-state index in [9.17, 15) is 5.11 Å². The Morgan fingerprint density at radius 3 is 2.33 bits per heavy atom. The molecule has 1 heterocycles. The molecule has 0 amide bonds. The zero-order chi connectivity index (χ0) is 9.35. The average Bonchev–Trinajstić information content (AvgIpc) is 2.30. The molecule has 68 valence electrons. The third-order valence-corrected chi connectivity index (χ3v) is 1.59. The molecule has 1 aromatic heterocycles. The summed E-state index contributed by atoms with van der Waals surface area (Å²) in [4.78, 5) is 4.16. The van der Waals surface area contributed by atoms with Crippen LogP contribution < -0.4 is 0 Å². The number of rotatable bonds is 1. The lowest BCUT2D eigenvalue weighted by Crippen LogP contribution is -2.11. The maximum atomic E-state index is 9.18. The summed E-state index contributed by atoms with van der Waals surface area (Å²) in [6.45, 7) is 7.73.